The SMILES string of the molecule is CN=C(NCC(C)c1c(C)noc1C)N(C)Cc1ccccc1Br. The minimum absolute atomic E-state index is 0.296. The van der Waals surface area contributed by atoms with Crippen LogP contribution in [0.5, 0.6) is 0 Å². The quantitative estimate of drug-likeness (QED) is 0.619. The molecule has 0 fully saturated rings. The number of nitrogens with one attached hydrogen (secondary N) is 1. The Morgan fingerprint density at radius 3 is 2.67 bits per heavy atom. The number of benzene rings is 1. The molecular formula is C18H25BrN4O. The maximum Gasteiger partial charge on any atom is 0.193 e. The van der Waals surface area contributed by atoms with E-state index in [9.17, 15) is 0 Å². The molecule has 1 aromatic heterocycles. The highest BCUT2D eigenvalue weighted by Crippen LogP contribution is 2.22. The van der Waals surface area contributed by atoms with E-state index in [-0.39, 0.29) is 0 Å². The lowest BCUT2D eigenvalue weighted by atomic mass is 10.00. The summed E-state index contributed by atoms with van der Waals surface area (Å²) in [7, 11) is 3.84. The van der Waals surface area contributed by atoms with Crippen molar-refractivity contribution >= 4 is 21.9 Å². The molecule has 130 valence electrons. The summed E-state index contributed by atoms with van der Waals surface area (Å²) in [5, 5.41) is 7.48. The topological polar surface area (TPSA) is 53.7 Å². The van der Waals surface area contributed by atoms with E-state index >= 15 is 0 Å². The lowest BCUT2D eigenvalue weighted by molar-refractivity contribution is 0.391. The van der Waals surface area contributed by atoms with Crippen molar-refractivity contribution in [1.29, 1.82) is 0 Å². The van der Waals surface area contributed by atoms with Crippen LogP contribution in [-0.4, -0.2) is 36.7 Å². The molecular weight excluding hydrogens is 368 g/mol. The monoisotopic (exact) mass is 392 g/mol. The Labute approximate surface area is 152 Å². The number of aromatic nitrogens is 1. The number of guanidine groups is 1. The number of aryl methyl sites for hydroxylation is 2. The molecule has 1 heterocycles. The number of hydrogen-bond acceptors (Lipinski definition) is 3. The molecule has 1 N–H and O–H groups in total. The fraction of sp³-hybridized carbons (Fsp3) is 0.444. The van der Waals surface area contributed by atoms with Crippen LogP contribution in [-0.2, 0) is 6.54 Å². The van der Waals surface area contributed by atoms with Crippen molar-refractivity contribution in [2.75, 3.05) is 20.6 Å². The molecule has 0 spiro atoms. The van der Waals surface area contributed by atoms with Gasteiger partial charge in [0.15, 0.2) is 5.96 Å². The van der Waals surface area contributed by atoms with Gasteiger partial charge in [0.1, 0.15) is 5.76 Å². The van der Waals surface area contributed by atoms with Crippen molar-refractivity contribution in [3.63, 3.8) is 0 Å². The highest BCUT2D eigenvalue weighted by atomic mass is 79.9. The lowest BCUT2D eigenvalue weighted by Gasteiger charge is -2.24. The Bertz CT molecular complexity index is 691. The van der Waals surface area contributed by atoms with E-state index in [1.54, 1.807) is 7.05 Å². The second kappa shape index (κ2) is 8.33. The van der Waals surface area contributed by atoms with E-state index in [4.69, 9.17) is 4.52 Å². The van der Waals surface area contributed by atoms with Gasteiger partial charge in [-0.05, 0) is 25.5 Å². The first-order chi connectivity index (χ1) is 11.4. The van der Waals surface area contributed by atoms with Gasteiger partial charge in [0.05, 0.1) is 5.69 Å². The molecule has 0 amide bonds. The largest absolute Gasteiger partial charge is 0.361 e. The summed E-state index contributed by atoms with van der Waals surface area (Å²) in [6.45, 7) is 7.66. The van der Waals surface area contributed by atoms with E-state index in [2.05, 4.69) is 55.4 Å². The first-order valence-corrected chi connectivity index (χ1v) is 8.81. The normalized spacial score (nSPS) is 13.0. The molecule has 0 radical (unpaired) electrons. The van der Waals surface area contributed by atoms with Gasteiger partial charge in [-0.1, -0.05) is 46.2 Å². The van der Waals surface area contributed by atoms with Crippen LogP contribution in [0.15, 0.2) is 38.3 Å². The maximum atomic E-state index is 5.27. The van der Waals surface area contributed by atoms with Gasteiger partial charge in [-0.3, -0.25) is 4.99 Å². The number of hydrogen-bond donors (Lipinski definition) is 1. The summed E-state index contributed by atoms with van der Waals surface area (Å²) < 4.78 is 6.37. The molecule has 1 unspecified atom stereocenters. The van der Waals surface area contributed by atoms with Crippen LogP contribution in [0.3, 0.4) is 0 Å². The van der Waals surface area contributed by atoms with Crippen LogP contribution in [0.4, 0.5) is 0 Å². The molecule has 24 heavy (non-hydrogen) atoms. The molecule has 0 saturated heterocycles. The summed E-state index contributed by atoms with van der Waals surface area (Å²) in [5.41, 5.74) is 3.35. The number of halogens is 1. The number of aliphatic imine (C=N–C) groups is 1. The van der Waals surface area contributed by atoms with E-state index in [1.165, 1.54) is 11.1 Å². The minimum Gasteiger partial charge on any atom is -0.361 e. The fourth-order valence-corrected chi connectivity index (χ4v) is 3.29. The van der Waals surface area contributed by atoms with Gasteiger partial charge in [-0.25, -0.2) is 0 Å². The van der Waals surface area contributed by atoms with Crippen LogP contribution >= 0.6 is 15.9 Å². The van der Waals surface area contributed by atoms with E-state index in [0.717, 1.165) is 35.0 Å². The second-order valence-corrected chi connectivity index (χ2v) is 6.87. The van der Waals surface area contributed by atoms with Crippen molar-refractivity contribution in [2.24, 2.45) is 4.99 Å². The molecule has 5 nitrogen and oxygen atoms in total. The van der Waals surface area contributed by atoms with Gasteiger partial charge in [0.25, 0.3) is 0 Å². The van der Waals surface area contributed by atoms with Gasteiger partial charge in [0.2, 0.25) is 0 Å². The van der Waals surface area contributed by atoms with Crippen molar-refractivity contribution in [2.45, 2.75) is 33.2 Å². The van der Waals surface area contributed by atoms with Crippen molar-refractivity contribution < 1.29 is 4.52 Å². The molecule has 2 aromatic rings. The second-order valence-electron chi connectivity index (χ2n) is 6.01. The minimum atomic E-state index is 0.296. The van der Waals surface area contributed by atoms with E-state index < -0.39 is 0 Å². The Hall–Kier alpha value is -1.82. The standard InChI is InChI=1S/C18H25BrN4O/c1-12(17-13(2)22-24-14(17)3)10-21-18(20-4)23(5)11-15-8-6-7-9-16(15)19/h6-9,12H,10-11H2,1-5H3,(H,20,21). The van der Waals surface area contributed by atoms with Gasteiger partial charge in [0, 0.05) is 43.1 Å². The predicted molar refractivity (Wildman–Crippen MR) is 101 cm³/mol. The summed E-state index contributed by atoms with van der Waals surface area (Å²) in [6, 6.07) is 8.23. The third-order valence-electron chi connectivity index (χ3n) is 4.09. The zero-order valence-electron chi connectivity index (χ0n) is 14.9. The van der Waals surface area contributed by atoms with Gasteiger partial charge >= 0.3 is 0 Å². The molecule has 0 aliphatic heterocycles. The van der Waals surface area contributed by atoms with Crippen LogP contribution < -0.4 is 5.32 Å². The molecule has 2 rings (SSSR count). The molecule has 6 heteroatoms. The predicted octanol–water partition coefficient (Wildman–Crippen LogP) is 3.86. The third kappa shape index (κ3) is 4.38. The Kier molecular flexibility index (Phi) is 6.43. The highest BCUT2D eigenvalue weighted by molar-refractivity contribution is 9.10. The van der Waals surface area contributed by atoms with Crippen molar-refractivity contribution in [1.82, 2.24) is 15.4 Å². The molecule has 0 bridgehead atoms. The smallest absolute Gasteiger partial charge is 0.193 e. The Balaban J connectivity index is 1.98. The van der Waals surface area contributed by atoms with Crippen LogP contribution in [0, 0.1) is 13.8 Å². The summed E-state index contributed by atoms with van der Waals surface area (Å²) in [4.78, 5) is 6.50. The third-order valence-corrected chi connectivity index (χ3v) is 4.86. The average Bonchev–Trinajstić information content (AvgIpc) is 2.89. The van der Waals surface area contributed by atoms with Crippen LogP contribution in [0.25, 0.3) is 0 Å². The first kappa shape index (κ1) is 18.5. The summed E-state index contributed by atoms with van der Waals surface area (Å²) in [5.74, 6) is 2.05. The molecule has 1 atom stereocenters. The molecule has 0 saturated carbocycles. The zero-order valence-corrected chi connectivity index (χ0v) is 16.5. The van der Waals surface area contributed by atoms with E-state index in [1.807, 2.05) is 33.0 Å². The van der Waals surface area contributed by atoms with Gasteiger partial charge in [-0.2, -0.15) is 0 Å². The lowest BCUT2D eigenvalue weighted by Crippen LogP contribution is -2.40. The summed E-state index contributed by atoms with van der Waals surface area (Å²) >= 11 is 3.60. The zero-order chi connectivity index (χ0) is 17.7. The van der Waals surface area contributed by atoms with Crippen LogP contribution in [0.2, 0.25) is 0 Å². The first-order valence-electron chi connectivity index (χ1n) is 8.02. The van der Waals surface area contributed by atoms with E-state index in [0.29, 0.717) is 5.92 Å². The summed E-state index contributed by atoms with van der Waals surface area (Å²) in [6.07, 6.45) is 0. The van der Waals surface area contributed by atoms with Crippen LogP contribution in [0.1, 0.15) is 35.4 Å². The van der Waals surface area contributed by atoms with Crippen molar-refractivity contribution in [3.05, 3.63) is 51.3 Å². The van der Waals surface area contributed by atoms with Crippen molar-refractivity contribution in [3.8, 4) is 0 Å². The van der Waals surface area contributed by atoms with Gasteiger partial charge in [-0.15, -0.1) is 0 Å². The molecule has 0 aliphatic rings. The highest BCUT2D eigenvalue weighted by Gasteiger charge is 2.17. The maximum absolute atomic E-state index is 5.27. The van der Waals surface area contributed by atoms with Gasteiger partial charge < -0.3 is 14.7 Å². The number of nitrogens with zero attached hydrogens (tertiary/aromatic N) is 3. The Morgan fingerprint density at radius 1 is 1.38 bits per heavy atom. The molecule has 0 aliphatic carbocycles. The molecule has 1 aromatic carbocycles. The fourth-order valence-electron chi connectivity index (χ4n) is 2.88. The Morgan fingerprint density at radius 2 is 2.08 bits per heavy atom. The number of rotatable bonds is 5. The average molecular weight is 393 g/mol.